The maximum Gasteiger partial charge on any atom is 0.248 e. The van der Waals surface area contributed by atoms with Crippen molar-refractivity contribution in [3.8, 4) is 17.2 Å². The number of hydrogen-bond donors (Lipinski definition) is 1. The quantitative estimate of drug-likeness (QED) is 0.378. The Morgan fingerprint density at radius 3 is 2.41 bits per heavy atom. The zero-order chi connectivity index (χ0) is 26.2. The summed E-state index contributed by atoms with van der Waals surface area (Å²) in [6, 6.07) is 15.6. The number of ether oxygens (including phenoxy) is 3. The van der Waals surface area contributed by atoms with Crippen molar-refractivity contribution in [3.05, 3.63) is 70.4 Å². The molecule has 1 N–H and O–H groups in total. The molecule has 3 aromatic rings. The number of amides is 2. The molecule has 1 aliphatic carbocycles. The van der Waals surface area contributed by atoms with Crippen molar-refractivity contribution in [2.75, 3.05) is 26.2 Å². The standard InChI is InChI=1S/C29H34N2O5S/c1-34-23-12-7-11-22(18-23)31(27(32)19-24-13-8-16-37-24)28(29(33)30-21-9-5-4-6-10-21)20-14-15-25(35-2)26(17-20)36-3/h7-8,11-18,21,28H,4-6,9-10,19H2,1-3H3,(H,30,33). The van der Waals surface area contributed by atoms with Crippen LogP contribution in [0.3, 0.4) is 0 Å². The molecule has 0 aliphatic heterocycles. The fraction of sp³-hybridized carbons (Fsp3) is 0.379. The Labute approximate surface area is 222 Å². The Morgan fingerprint density at radius 1 is 0.946 bits per heavy atom. The molecule has 0 spiro atoms. The van der Waals surface area contributed by atoms with Gasteiger partial charge in [-0.2, -0.15) is 0 Å². The van der Waals surface area contributed by atoms with Gasteiger partial charge in [0.15, 0.2) is 11.5 Å². The molecule has 2 aromatic carbocycles. The Morgan fingerprint density at radius 2 is 1.73 bits per heavy atom. The molecule has 1 fully saturated rings. The van der Waals surface area contributed by atoms with Crippen molar-refractivity contribution < 1.29 is 23.8 Å². The van der Waals surface area contributed by atoms with Crippen molar-refractivity contribution >= 4 is 28.8 Å². The monoisotopic (exact) mass is 522 g/mol. The number of thiophene rings is 1. The first-order valence-corrected chi connectivity index (χ1v) is 13.4. The van der Waals surface area contributed by atoms with Crippen LogP contribution in [0.25, 0.3) is 0 Å². The van der Waals surface area contributed by atoms with Crippen LogP contribution >= 0.6 is 11.3 Å². The number of nitrogens with one attached hydrogen (secondary N) is 1. The molecule has 1 aliphatic rings. The fourth-order valence-corrected chi connectivity index (χ4v) is 5.51. The number of nitrogens with zero attached hydrogens (tertiary/aromatic N) is 1. The SMILES string of the molecule is COc1cccc(N(C(=O)Cc2cccs2)C(C(=O)NC2CCCCC2)c2ccc(OC)c(OC)c2)c1. The molecule has 1 heterocycles. The first-order chi connectivity index (χ1) is 18.0. The van der Waals surface area contributed by atoms with Crippen LogP contribution in [0.4, 0.5) is 5.69 Å². The molecule has 1 aromatic heterocycles. The zero-order valence-electron chi connectivity index (χ0n) is 21.6. The van der Waals surface area contributed by atoms with Crippen molar-refractivity contribution in [2.45, 2.75) is 50.6 Å². The predicted octanol–water partition coefficient (Wildman–Crippen LogP) is 5.54. The van der Waals surface area contributed by atoms with Crippen LogP contribution in [-0.4, -0.2) is 39.2 Å². The number of carbonyl (C=O) groups excluding carboxylic acids is 2. The van der Waals surface area contributed by atoms with Crippen molar-refractivity contribution in [2.24, 2.45) is 0 Å². The third kappa shape index (κ3) is 6.43. The number of anilines is 1. The Kier molecular flexibility index (Phi) is 9.06. The molecule has 37 heavy (non-hydrogen) atoms. The van der Waals surface area contributed by atoms with Gasteiger partial charge in [0, 0.05) is 22.7 Å². The maximum atomic E-state index is 14.0. The van der Waals surface area contributed by atoms with Crippen LogP contribution in [0.2, 0.25) is 0 Å². The van der Waals surface area contributed by atoms with E-state index in [0.29, 0.717) is 28.5 Å². The summed E-state index contributed by atoms with van der Waals surface area (Å²) in [5.74, 6) is 1.24. The molecule has 196 valence electrons. The fourth-order valence-electron chi connectivity index (χ4n) is 4.81. The van der Waals surface area contributed by atoms with Gasteiger partial charge in [-0.15, -0.1) is 11.3 Å². The van der Waals surface area contributed by atoms with Crippen LogP contribution in [0.1, 0.15) is 48.6 Å². The molecular formula is C29H34N2O5S. The molecular weight excluding hydrogens is 488 g/mol. The van der Waals surface area contributed by atoms with E-state index in [-0.39, 0.29) is 24.3 Å². The summed E-state index contributed by atoms with van der Waals surface area (Å²) in [7, 11) is 4.71. The topological polar surface area (TPSA) is 77.1 Å². The van der Waals surface area contributed by atoms with Gasteiger partial charge in [0.25, 0.3) is 0 Å². The summed E-state index contributed by atoms with van der Waals surface area (Å²) >= 11 is 1.52. The minimum Gasteiger partial charge on any atom is -0.497 e. The summed E-state index contributed by atoms with van der Waals surface area (Å²) in [4.78, 5) is 30.5. The van der Waals surface area contributed by atoms with Crippen LogP contribution < -0.4 is 24.4 Å². The number of methoxy groups -OCH3 is 3. The van der Waals surface area contributed by atoms with Crippen molar-refractivity contribution in [1.82, 2.24) is 5.32 Å². The highest BCUT2D eigenvalue weighted by molar-refractivity contribution is 7.10. The summed E-state index contributed by atoms with van der Waals surface area (Å²) in [5, 5.41) is 5.19. The Balaban J connectivity index is 1.81. The number of rotatable bonds is 10. The summed E-state index contributed by atoms with van der Waals surface area (Å²) < 4.78 is 16.4. The molecule has 1 unspecified atom stereocenters. The lowest BCUT2D eigenvalue weighted by atomic mass is 9.94. The predicted molar refractivity (Wildman–Crippen MR) is 146 cm³/mol. The number of carbonyl (C=O) groups is 2. The van der Waals surface area contributed by atoms with Crippen LogP contribution in [0, 0.1) is 0 Å². The van der Waals surface area contributed by atoms with Gasteiger partial charge in [-0.25, -0.2) is 0 Å². The van der Waals surface area contributed by atoms with Gasteiger partial charge in [-0.05, 0) is 54.1 Å². The van der Waals surface area contributed by atoms with Gasteiger partial charge in [0.2, 0.25) is 11.8 Å². The maximum absolute atomic E-state index is 14.0. The normalized spacial score (nSPS) is 14.5. The molecule has 4 rings (SSSR count). The summed E-state index contributed by atoms with van der Waals surface area (Å²) in [6.45, 7) is 0. The number of benzene rings is 2. The molecule has 0 saturated heterocycles. The van der Waals surface area contributed by atoms with E-state index in [4.69, 9.17) is 14.2 Å². The van der Waals surface area contributed by atoms with Crippen LogP contribution in [-0.2, 0) is 16.0 Å². The van der Waals surface area contributed by atoms with E-state index < -0.39 is 6.04 Å². The summed E-state index contributed by atoms with van der Waals surface area (Å²) in [6.07, 6.45) is 5.40. The van der Waals surface area contributed by atoms with E-state index in [9.17, 15) is 9.59 Å². The minimum absolute atomic E-state index is 0.0865. The molecule has 7 nitrogen and oxygen atoms in total. The van der Waals surface area contributed by atoms with E-state index >= 15 is 0 Å². The Hall–Kier alpha value is -3.52. The van der Waals surface area contributed by atoms with Crippen molar-refractivity contribution in [3.63, 3.8) is 0 Å². The van der Waals surface area contributed by atoms with E-state index in [1.165, 1.54) is 17.8 Å². The van der Waals surface area contributed by atoms with E-state index in [0.717, 1.165) is 30.6 Å². The zero-order valence-corrected chi connectivity index (χ0v) is 22.4. The lowest BCUT2D eigenvalue weighted by Gasteiger charge is -2.34. The smallest absolute Gasteiger partial charge is 0.248 e. The minimum atomic E-state index is -0.915. The third-order valence-electron chi connectivity index (χ3n) is 6.69. The van der Waals surface area contributed by atoms with Gasteiger partial charge in [0.05, 0.1) is 27.8 Å². The highest BCUT2D eigenvalue weighted by Gasteiger charge is 2.35. The highest BCUT2D eigenvalue weighted by atomic mass is 32.1. The largest absolute Gasteiger partial charge is 0.497 e. The molecule has 1 atom stereocenters. The first kappa shape index (κ1) is 26.5. The molecule has 0 radical (unpaired) electrons. The molecule has 0 bridgehead atoms. The second-order valence-electron chi connectivity index (χ2n) is 9.08. The van der Waals surface area contributed by atoms with E-state index in [1.807, 2.05) is 41.8 Å². The Bertz CT molecular complexity index is 1190. The number of hydrogen-bond acceptors (Lipinski definition) is 6. The van der Waals surface area contributed by atoms with Gasteiger partial charge in [0.1, 0.15) is 11.8 Å². The highest BCUT2D eigenvalue weighted by Crippen LogP contribution is 2.36. The molecule has 8 heteroatoms. The van der Waals surface area contributed by atoms with Gasteiger partial charge < -0.3 is 19.5 Å². The molecule has 1 saturated carbocycles. The average molecular weight is 523 g/mol. The average Bonchev–Trinajstić information content (AvgIpc) is 3.44. The lowest BCUT2D eigenvalue weighted by molar-refractivity contribution is -0.127. The van der Waals surface area contributed by atoms with Crippen LogP contribution in [0.5, 0.6) is 17.2 Å². The van der Waals surface area contributed by atoms with Gasteiger partial charge >= 0.3 is 0 Å². The van der Waals surface area contributed by atoms with Crippen molar-refractivity contribution in [1.29, 1.82) is 0 Å². The second kappa shape index (κ2) is 12.6. The van der Waals surface area contributed by atoms with Crippen LogP contribution in [0.15, 0.2) is 60.0 Å². The summed E-state index contributed by atoms with van der Waals surface area (Å²) in [5.41, 5.74) is 1.22. The van der Waals surface area contributed by atoms with Gasteiger partial charge in [-0.3, -0.25) is 14.5 Å². The van der Waals surface area contributed by atoms with E-state index in [1.54, 1.807) is 44.4 Å². The third-order valence-corrected chi connectivity index (χ3v) is 7.56. The first-order valence-electron chi connectivity index (χ1n) is 12.5. The van der Waals surface area contributed by atoms with Gasteiger partial charge in [-0.1, -0.05) is 37.5 Å². The van der Waals surface area contributed by atoms with E-state index in [2.05, 4.69) is 5.32 Å². The lowest BCUT2D eigenvalue weighted by Crippen LogP contribution is -2.47. The molecule has 2 amide bonds. The second-order valence-corrected chi connectivity index (χ2v) is 10.1.